The molecule has 1 heterocycles. The van der Waals surface area contributed by atoms with Crippen LogP contribution in [0.25, 0.3) is 0 Å². The van der Waals surface area contributed by atoms with Crippen molar-refractivity contribution in [3.8, 4) is 0 Å². The maximum absolute atomic E-state index is 13.3. The minimum absolute atomic E-state index is 0.108. The zero-order valence-corrected chi connectivity index (χ0v) is 18.0. The van der Waals surface area contributed by atoms with Crippen LogP contribution in [0.5, 0.6) is 0 Å². The first-order valence-electron chi connectivity index (χ1n) is 8.75. The molecule has 0 radical (unpaired) electrons. The van der Waals surface area contributed by atoms with Crippen molar-refractivity contribution in [3.05, 3.63) is 71.9 Å². The number of carbonyl (C=O) groups excluding carboxylic acids is 1. The number of hydrogen-bond acceptors (Lipinski definition) is 5. The summed E-state index contributed by atoms with van der Waals surface area (Å²) >= 11 is 2.64. The van der Waals surface area contributed by atoms with Gasteiger partial charge in [-0.3, -0.25) is 9.10 Å². The molecule has 0 aliphatic carbocycles. The normalized spacial score (nSPS) is 11.2. The number of carbonyl (C=O) groups is 1. The maximum atomic E-state index is 13.3. The van der Waals surface area contributed by atoms with Crippen molar-refractivity contribution < 1.29 is 17.6 Å². The lowest BCUT2D eigenvalue weighted by Crippen LogP contribution is -2.37. The fourth-order valence-electron chi connectivity index (χ4n) is 2.61. The lowest BCUT2D eigenvalue weighted by Gasteiger charge is -2.23. The van der Waals surface area contributed by atoms with Gasteiger partial charge in [0.1, 0.15) is 16.6 Å². The number of benzene rings is 2. The number of amides is 1. The topological polar surface area (TPSA) is 66.5 Å². The van der Waals surface area contributed by atoms with Gasteiger partial charge in [-0.1, -0.05) is 25.1 Å². The third kappa shape index (κ3) is 5.17. The second-order valence-electron chi connectivity index (χ2n) is 5.90. The van der Waals surface area contributed by atoms with Crippen LogP contribution in [0.4, 0.5) is 15.8 Å². The van der Waals surface area contributed by atoms with Crippen molar-refractivity contribution >= 4 is 50.4 Å². The number of para-hydroxylation sites is 1. The van der Waals surface area contributed by atoms with Gasteiger partial charge in [0, 0.05) is 4.90 Å². The van der Waals surface area contributed by atoms with Crippen LogP contribution < -0.4 is 9.62 Å². The highest BCUT2D eigenvalue weighted by molar-refractivity contribution is 7.99. The summed E-state index contributed by atoms with van der Waals surface area (Å²) in [4.78, 5) is 13.6. The summed E-state index contributed by atoms with van der Waals surface area (Å²) in [7, 11) is -3.97. The van der Waals surface area contributed by atoms with Crippen LogP contribution in [-0.4, -0.2) is 26.6 Å². The van der Waals surface area contributed by atoms with E-state index in [9.17, 15) is 17.6 Å². The Morgan fingerprint density at radius 3 is 2.48 bits per heavy atom. The van der Waals surface area contributed by atoms with E-state index in [2.05, 4.69) is 5.32 Å². The second-order valence-corrected chi connectivity index (χ2v) is 10.2. The Bertz CT molecular complexity index is 1070. The highest BCUT2D eigenvalue weighted by atomic mass is 32.2. The largest absolute Gasteiger partial charge is 0.323 e. The third-order valence-corrected chi connectivity index (χ3v) is 8.00. The van der Waals surface area contributed by atoms with Gasteiger partial charge in [-0.05, 0) is 53.6 Å². The van der Waals surface area contributed by atoms with Crippen LogP contribution in [0, 0.1) is 5.82 Å². The quantitative estimate of drug-likeness (QED) is 0.499. The van der Waals surface area contributed by atoms with E-state index >= 15 is 0 Å². The number of nitrogens with zero attached hydrogens (tertiary/aromatic N) is 1. The summed E-state index contributed by atoms with van der Waals surface area (Å²) < 4.78 is 40.6. The second kappa shape index (κ2) is 9.43. The van der Waals surface area contributed by atoms with Gasteiger partial charge in [0.05, 0.1) is 11.4 Å². The van der Waals surface area contributed by atoms with Crippen molar-refractivity contribution in [2.75, 3.05) is 21.9 Å². The smallest absolute Gasteiger partial charge is 0.274 e. The Balaban J connectivity index is 1.89. The van der Waals surface area contributed by atoms with Crippen molar-refractivity contribution in [1.29, 1.82) is 0 Å². The number of thioether (sulfide) groups is 1. The van der Waals surface area contributed by atoms with E-state index in [1.54, 1.807) is 35.3 Å². The molecule has 0 spiro atoms. The summed E-state index contributed by atoms with van der Waals surface area (Å²) in [5.74, 6) is -0.141. The Kier molecular flexibility index (Phi) is 6.94. The average molecular weight is 451 g/mol. The molecule has 0 unspecified atom stereocenters. The zero-order valence-electron chi connectivity index (χ0n) is 15.5. The number of nitrogens with one attached hydrogen (secondary N) is 1. The monoisotopic (exact) mass is 450 g/mol. The molecule has 0 bridgehead atoms. The number of sulfonamides is 1. The predicted octanol–water partition coefficient (Wildman–Crippen LogP) is 4.83. The van der Waals surface area contributed by atoms with Crippen molar-refractivity contribution in [2.24, 2.45) is 0 Å². The molecule has 9 heteroatoms. The molecule has 0 saturated carbocycles. The summed E-state index contributed by atoms with van der Waals surface area (Å²) in [6, 6.07) is 15.4. The first kappa shape index (κ1) is 21.4. The van der Waals surface area contributed by atoms with E-state index in [-0.39, 0.29) is 9.90 Å². The molecular weight excluding hydrogens is 431 g/mol. The molecule has 0 fully saturated rings. The average Bonchev–Trinajstić information content (AvgIpc) is 3.24. The van der Waals surface area contributed by atoms with Gasteiger partial charge in [0.25, 0.3) is 10.0 Å². The number of hydrogen-bond donors (Lipinski definition) is 1. The fraction of sp³-hybridized carbons (Fsp3) is 0.150. The summed E-state index contributed by atoms with van der Waals surface area (Å²) in [6.45, 7) is 1.57. The van der Waals surface area contributed by atoms with E-state index < -0.39 is 28.3 Å². The van der Waals surface area contributed by atoms with Crippen LogP contribution in [0.1, 0.15) is 6.92 Å². The van der Waals surface area contributed by atoms with Crippen molar-refractivity contribution in [3.63, 3.8) is 0 Å². The standard InChI is InChI=1S/C20H19FN2O3S3/c1-2-27-18-7-4-3-6-17(18)22-19(24)14-23(16-11-9-15(21)10-12-16)29(25,26)20-8-5-13-28-20/h3-13H,2,14H2,1H3,(H,22,24). The lowest BCUT2D eigenvalue weighted by molar-refractivity contribution is -0.114. The first-order valence-corrected chi connectivity index (χ1v) is 12.1. The number of thiophene rings is 1. The zero-order chi connectivity index (χ0) is 20.9. The predicted molar refractivity (Wildman–Crippen MR) is 117 cm³/mol. The Labute approximate surface area is 177 Å². The van der Waals surface area contributed by atoms with Crippen LogP contribution in [-0.2, 0) is 14.8 Å². The van der Waals surface area contributed by atoms with Crippen molar-refractivity contribution in [2.45, 2.75) is 16.0 Å². The van der Waals surface area contributed by atoms with Gasteiger partial charge in [-0.15, -0.1) is 23.1 Å². The summed E-state index contributed by atoms with van der Waals surface area (Å²) in [6.07, 6.45) is 0. The first-order chi connectivity index (χ1) is 13.9. The molecule has 5 nitrogen and oxygen atoms in total. The van der Waals surface area contributed by atoms with Crippen LogP contribution >= 0.6 is 23.1 Å². The van der Waals surface area contributed by atoms with Gasteiger partial charge in [0.2, 0.25) is 5.91 Å². The molecule has 3 rings (SSSR count). The van der Waals surface area contributed by atoms with E-state index in [0.29, 0.717) is 5.69 Å². The fourth-order valence-corrected chi connectivity index (χ4v) is 5.90. The van der Waals surface area contributed by atoms with E-state index in [1.165, 1.54) is 18.2 Å². The Morgan fingerprint density at radius 2 is 1.83 bits per heavy atom. The van der Waals surface area contributed by atoms with Crippen molar-refractivity contribution in [1.82, 2.24) is 0 Å². The molecule has 3 aromatic rings. The van der Waals surface area contributed by atoms with Gasteiger partial charge in [0.15, 0.2) is 0 Å². The third-order valence-electron chi connectivity index (χ3n) is 3.90. The molecule has 0 saturated heterocycles. The van der Waals surface area contributed by atoms with Gasteiger partial charge < -0.3 is 5.32 Å². The van der Waals surface area contributed by atoms with Crippen LogP contribution in [0.3, 0.4) is 0 Å². The molecule has 1 N–H and O–H groups in total. The Hall–Kier alpha value is -2.36. The van der Waals surface area contributed by atoms with Gasteiger partial charge >= 0.3 is 0 Å². The van der Waals surface area contributed by atoms with Gasteiger partial charge in [-0.25, -0.2) is 12.8 Å². The molecule has 152 valence electrons. The minimum atomic E-state index is -3.97. The summed E-state index contributed by atoms with van der Waals surface area (Å²) in [5.41, 5.74) is 0.836. The summed E-state index contributed by atoms with van der Waals surface area (Å²) in [5, 5.41) is 4.43. The maximum Gasteiger partial charge on any atom is 0.274 e. The highest BCUT2D eigenvalue weighted by Crippen LogP contribution is 2.28. The Morgan fingerprint density at radius 1 is 1.10 bits per heavy atom. The van der Waals surface area contributed by atoms with Crippen LogP contribution in [0.2, 0.25) is 0 Å². The van der Waals surface area contributed by atoms with E-state index in [0.717, 1.165) is 38.4 Å². The number of halogens is 1. The van der Waals surface area contributed by atoms with Gasteiger partial charge in [-0.2, -0.15) is 0 Å². The SMILES string of the molecule is CCSc1ccccc1NC(=O)CN(c1ccc(F)cc1)S(=O)(=O)c1cccs1. The molecule has 0 aliphatic heterocycles. The highest BCUT2D eigenvalue weighted by Gasteiger charge is 2.28. The number of anilines is 2. The molecule has 0 aliphatic rings. The number of rotatable bonds is 8. The molecule has 2 aromatic carbocycles. The molecule has 1 aromatic heterocycles. The molecular formula is C20H19FN2O3S3. The molecule has 0 atom stereocenters. The minimum Gasteiger partial charge on any atom is -0.323 e. The molecule has 1 amide bonds. The lowest BCUT2D eigenvalue weighted by atomic mass is 10.3. The van der Waals surface area contributed by atoms with Crippen LogP contribution in [0.15, 0.2) is 75.1 Å². The van der Waals surface area contributed by atoms with E-state index in [1.807, 2.05) is 19.1 Å². The molecule has 29 heavy (non-hydrogen) atoms. The van der Waals surface area contributed by atoms with E-state index in [4.69, 9.17) is 0 Å².